The van der Waals surface area contributed by atoms with Gasteiger partial charge in [-0.3, -0.25) is 4.79 Å². The lowest BCUT2D eigenvalue weighted by molar-refractivity contribution is -0.121. The maximum absolute atomic E-state index is 12.4. The molecule has 122 valence electrons. The van der Waals surface area contributed by atoms with E-state index in [9.17, 15) is 13.6 Å². The lowest BCUT2D eigenvalue weighted by atomic mass is 10.1. The number of amides is 1. The number of alkyl halides is 2. The van der Waals surface area contributed by atoms with Gasteiger partial charge in [0, 0.05) is 6.42 Å². The zero-order valence-corrected chi connectivity index (χ0v) is 12.5. The molecule has 1 aromatic carbocycles. The first-order valence-electron chi connectivity index (χ1n) is 6.79. The van der Waals surface area contributed by atoms with Crippen molar-refractivity contribution in [3.63, 3.8) is 0 Å². The van der Waals surface area contributed by atoms with Crippen molar-refractivity contribution in [2.75, 3.05) is 6.61 Å². The van der Waals surface area contributed by atoms with Crippen molar-refractivity contribution in [2.45, 2.75) is 32.4 Å². The van der Waals surface area contributed by atoms with Crippen LogP contribution < -0.4 is 14.8 Å². The van der Waals surface area contributed by atoms with E-state index in [1.54, 1.807) is 13.0 Å². The van der Waals surface area contributed by atoms with Crippen LogP contribution >= 0.6 is 0 Å². The maximum atomic E-state index is 12.4. The van der Waals surface area contributed by atoms with Crippen molar-refractivity contribution < 1.29 is 23.0 Å². The van der Waals surface area contributed by atoms with E-state index in [-0.39, 0.29) is 30.4 Å². The van der Waals surface area contributed by atoms with Gasteiger partial charge in [-0.2, -0.15) is 14.0 Å². The summed E-state index contributed by atoms with van der Waals surface area (Å²) in [4.78, 5) is 11.6. The number of halogens is 2. The Morgan fingerprint density at radius 3 is 2.78 bits per heavy atom. The molecule has 0 aliphatic rings. The second-order valence-electron chi connectivity index (χ2n) is 4.57. The summed E-state index contributed by atoms with van der Waals surface area (Å²) in [5.74, 6) is 1.89. The van der Waals surface area contributed by atoms with Crippen molar-refractivity contribution in [1.29, 1.82) is 5.26 Å². The van der Waals surface area contributed by atoms with Gasteiger partial charge in [-0.1, -0.05) is 12.0 Å². The second kappa shape index (κ2) is 9.26. The third-order valence-corrected chi connectivity index (χ3v) is 2.75. The summed E-state index contributed by atoms with van der Waals surface area (Å²) in [5.41, 5.74) is 0.619. The number of hydrogen-bond acceptors (Lipinski definition) is 4. The van der Waals surface area contributed by atoms with Crippen LogP contribution in [0.25, 0.3) is 0 Å². The highest BCUT2D eigenvalue weighted by molar-refractivity contribution is 5.76. The molecule has 23 heavy (non-hydrogen) atoms. The van der Waals surface area contributed by atoms with Gasteiger partial charge in [0.05, 0.1) is 6.07 Å². The van der Waals surface area contributed by atoms with E-state index in [4.69, 9.17) is 16.4 Å². The quantitative estimate of drug-likeness (QED) is 0.745. The van der Waals surface area contributed by atoms with Crippen LogP contribution in [0, 0.1) is 23.7 Å². The zero-order valence-electron chi connectivity index (χ0n) is 12.5. The van der Waals surface area contributed by atoms with E-state index >= 15 is 0 Å². The molecule has 1 N–H and O–H groups in total. The summed E-state index contributed by atoms with van der Waals surface area (Å²) < 4.78 is 34.4. The van der Waals surface area contributed by atoms with E-state index in [0.29, 0.717) is 12.0 Å². The molecule has 0 saturated heterocycles. The van der Waals surface area contributed by atoms with Crippen LogP contribution in [0.4, 0.5) is 8.78 Å². The van der Waals surface area contributed by atoms with Crippen molar-refractivity contribution in [3.8, 4) is 29.9 Å². The van der Waals surface area contributed by atoms with Gasteiger partial charge in [0.25, 0.3) is 0 Å². The van der Waals surface area contributed by atoms with E-state index in [2.05, 4.69) is 16.0 Å². The fourth-order valence-electron chi connectivity index (χ4n) is 1.74. The van der Waals surface area contributed by atoms with Gasteiger partial charge >= 0.3 is 6.61 Å². The molecule has 1 aromatic rings. The molecule has 5 nitrogen and oxygen atoms in total. The fraction of sp³-hybridized carbons (Fsp3) is 0.375. The third kappa shape index (κ3) is 6.66. The molecule has 0 bridgehead atoms. The molecular formula is C16H16F2N2O3. The highest BCUT2D eigenvalue weighted by Crippen LogP contribution is 2.30. The molecule has 1 unspecified atom stereocenters. The largest absolute Gasteiger partial charge is 0.477 e. The molecule has 0 aliphatic heterocycles. The predicted molar refractivity (Wildman–Crippen MR) is 78.9 cm³/mol. The first-order chi connectivity index (χ1) is 11.0. The van der Waals surface area contributed by atoms with Gasteiger partial charge in [-0.15, -0.1) is 6.42 Å². The normalized spacial score (nSPS) is 11.2. The van der Waals surface area contributed by atoms with Crippen LogP contribution in [0.2, 0.25) is 0 Å². The van der Waals surface area contributed by atoms with E-state index in [1.807, 2.05) is 6.07 Å². The Morgan fingerprint density at radius 1 is 1.43 bits per heavy atom. The van der Waals surface area contributed by atoms with E-state index < -0.39 is 12.7 Å². The highest BCUT2D eigenvalue weighted by Gasteiger charge is 2.13. The van der Waals surface area contributed by atoms with Crippen molar-refractivity contribution in [2.24, 2.45) is 0 Å². The van der Waals surface area contributed by atoms with Crippen LogP contribution in [0.1, 0.15) is 18.9 Å². The highest BCUT2D eigenvalue weighted by atomic mass is 19.3. The van der Waals surface area contributed by atoms with E-state index in [0.717, 1.165) is 0 Å². The van der Waals surface area contributed by atoms with Crippen molar-refractivity contribution in [1.82, 2.24) is 5.32 Å². The molecule has 0 radical (unpaired) electrons. The molecule has 0 saturated carbocycles. The Labute approximate surface area is 133 Å². The zero-order chi connectivity index (χ0) is 17.2. The Morgan fingerprint density at radius 2 is 2.17 bits per heavy atom. The molecule has 0 aromatic heterocycles. The van der Waals surface area contributed by atoms with Crippen molar-refractivity contribution in [3.05, 3.63) is 23.8 Å². The average molecular weight is 322 g/mol. The molecule has 1 rings (SSSR count). The second-order valence-corrected chi connectivity index (χ2v) is 4.57. The van der Waals surface area contributed by atoms with Gasteiger partial charge < -0.3 is 14.8 Å². The molecule has 0 aliphatic carbocycles. The number of nitriles is 1. The summed E-state index contributed by atoms with van der Waals surface area (Å²) in [6.45, 7) is -1.52. The van der Waals surface area contributed by atoms with Crippen LogP contribution in [-0.2, 0) is 11.2 Å². The van der Waals surface area contributed by atoms with Crippen molar-refractivity contribution >= 4 is 5.91 Å². The molecule has 1 amide bonds. The Balaban J connectivity index is 2.74. The van der Waals surface area contributed by atoms with Gasteiger partial charge in [-0.05, 0) is 31.0 Å². The summed E-state index contributed by atoms with van der Waals surface area (Å²) in [5, 5.41) is 11.1. The number of rotatable bonds is 8. The number of terminal acetylenes is 1. The molecule has 1 atom stereocenters. The molecular weight excluding hydrogens is 306 g/mol. The maximum Gasteiger partial charge on any atom is 0.387 e. The Kier molecular flexibility index (Phi) is 7.35. The molecule has 0 fully saturated rings. The lowest BCUT2D eigenvalue weighted by Crippen LogP contribution is -2.31. The minimum Gasteiger partial charge on any atom is -0.477 e. The smallest absolute Gasteiger partial charge is 0.387 e. The SMILES string of the molecule is C#CCOc1ccc(CCC(=O)NC(C)C#N)cc1OC(F)F. The molecule has 7 heteroatoms. The van der Waals surface area contributed by atoms with E-state index in [1.165, 1.54) is 12.1 Å². The van der Waals surface area contributed by atoms with Gasteiger partial charge in [0.15, 0.2) is 11.5 Å². The standard InChI is InChI=1S/C16H16F2N2O3/c1-3-8-22-13-6-4-12(9-14(13)23-16(17)18)5-7-15(21)20-11(2)10-19/h1,4,6,9,11,16H,5,7-8H2,2H3,(H,20,21). The number of ether oxygens (including phenoxy) is 2. The van der Waals surface area contributed by atoms with Crippen LogP contribution in [0.15, 0.2) is 18.2 Å². The summed E-state index contributed by atoms with van der Waals surface area (Å²) >= 11 is 0. The topological polar surface area (TPSA) is 71.3 Å². The fourth-order valence-corrected chi connectivity index (χ4v) is 1.74. The first kappa shape index (κ1) is 18.2. The monoisotopic (exact) mass is 322 g/mol. The number of nitrogens with one attached hydrogen (secondary N) is 1. The van der Waals surface area contributed by atoms with Crippen LogP contribution in [0.5, 0.6) is 11.5 Å². The van der Waals surface area contributed by atoms with Gasteiger partial charge in [0.2, 0.25) is 5.91 Å². The lowest BCUT2D eigenvalue weighted by Gasteiger charge is -2.12. The summed E-state index contributed by atoms with van der Waals surface area (Å²) in [6.07, 6.45) is 5.48. The molecule has 0 spiro atoms. The molecule has 0 heterocycles. The number of aryl methyl sites for hydroxylation is 1. The summed E-state index contributed by atoms with van der Waals surface area (Å²) in [7, 11) is 0. The number of carbonyl (C=O) groups excluding carboxylic acids is 1. The first-order valence-corrected chi connectivity index (χ1v) is 6.79. The summed E-state index contributed by atoms with van der Waals surface area (Å²) in [6, 6.07) is 5.76. The Bertz CT molecular complexity index is 621. The van der Waals surface area contributed by atoms with Crippen LogP contribution in [0.3, 0.4) is 0 Å². The minimum absolute atomic E-state index is 0.0760. The van der Waals surface area contributed by atoms with Gasteiger partial charge in [-0.25, -0.2) is 0 Å². The minimum atomic E-state index is -3.00. The predicted octanol–water partition coefficient (Wildman–Crippen LogP) is 2.26. The third-order valence-electron chi connectivity index (χ3n) is 2.75. The number of carbonyl (C=O) groups is 1. The Hall–Kier alpha value is -2.80. The van der Waals surface area contributed by atoms with Gasteiger partial charge in [0.1, 0.15) is 12.6 Å². The number of benzene rings is 1. The number of hydrogen-bond donors (Lipinski definition) is 1. The average Bonchev–Trinajstić information content (AvgIpc) is 2.51. The number of nitrogens with zero attached hydrogens (tertiary/aromatic N) is 1. The van der Waals surface area contributed by atoms with Crippen LogP contribution in [-0.4, -0.2) is 25.2 Å².